The Morgan fingerprint density at radius 2 is 2.33 bits per heavy atom. The highest BCUT2D eigenvalue weighted by atomic mass is 16.4. The summed E-state index contributed by atoms with van der Waals surface area (Å²) in [4.78, 5) is 15.6. The number of aliphatic carboxylic acids is 1. The molecule has 2 atom stereocenters. The van der Waals surface area contributed by atoms with Gasteiger partial charge in [0.25, 0.3) is 0 Å². The van der Waals surface area contributed by atoms with Crippen molar-refractivity contribution in [2.24, 2.45) is 5.92 Å². The first-order valence-electron chi connectivity index (χ1n) is 6.86. The Morgan fingerprint density at radius 1 is 1.61 bits per heavy atom. The first kappa shape index (κ1) is 15.4. The van der Waals surface area contributed by atoms with Crippen molar-refractivity contribution < 1.29 is 9.90 Å². The van der Waals surface area contributed by atoms with Crippen molar-refractivity contribution in [2.75, 3.05) is 46.8 Å². The minimum atomic E-state index is -0.745. The van der Waals surface area contributed by atoms with Crippen LogP contribution in [0.1, 0.15) is 19.8 Å². The molecule has 0 bridgehead atoms. The average Bonchev–Trinajstić information content (AvgIpc) is 2.69. The molecule has 0 aromatic carbocycles. The topological polar surface area (TPSA) is 55.8 Å². The molecule has 2 unspecified atom stereocenters. The molecule has 1 heterocycles. The van der Waals surface area contributed by atoms with Gasteiger partial charge >= 0.3 is 5.97 Å². The highest BCUT2D eigenvalue weighted by Crippen LogP contribution is 2.15. The van der Waals surface area contributed by atoms with Crippen LogP contribution >= 0.6 is 0 Å². The molecule has 0 radical (unpaired) electrons. The second kappa shape index (κ2) is 7.71. The summed E-state index contributed by atoms with van der Waals surface area (Å²) in [5.41, 5.74) is 0. The Kier molecular flexibility index (Phi) is 6.60. The van der Waals surface area contributed by atoms with Crippen LogP contribution in [-0.2, 0) is 4.79 Å². The molecule has 0 aliphatic carbocycles. The van der Waals surface area contributed by atoms with Gasteiger partial charge in [0.1, 0.15) is 6.04 Å². The quantitative estimate of drug-likeness (QED) is 0.656. The summed E-state index contributed by atoms with van der Waals surface area (Å²) in [6.45, 7) is 6.91. The summed E-state index contributed by atoms with van der Waals surface area (Å²) < 4.78 is 0. The van der Waals surface area contributed by atoms with E-state index >= 15 is 0 Å². The Hall–Kier alpha value is -0.650. The molecule has 0 amide bonds. The third kappa shape index (κ3) is 5.33. The Bertz CT molecular complexity index is 261. The number of carbonyl (C=O) groups is 1. The second-order valence-electron chi connectivity index (χ2n) is 5.42. The van der Waals surface area contributed by atoms with Crippen molar-refractivity contribution in [1.82, 2.24) is 15.1 Å². The van der Waals surface area contributed by atoms with Crippen LogP contribution < -0.4 is 5.32 Å². The van der Waals surface area contributed by atoms with Gasteiger partial charge in [0.15, 0.2) is 0 Å². The molecule has 1 rings (SSSR count). The van der Waals surface area contributed by atoms with Gasteiger partial charge in [-0.25, -0.2) is 0 Å². The van der Waals surface area contributed by atoms with Crippen molar-refractivity contribution in [1.29, 1.82) is 0 Å². The second-order valence-corrected chi connectivity index (χ2v) is 5.42. The molecule has 5 heteroatoms. The zero-order chi connectivity index (χ0) is 13.5. The van der Waals surface area contributed by atoms with Crippen LogP contribution in [0.25, 0.3) is 0 Å². The lowest BCUT2D eigenvalue weighted by molar-refractivity contribution is -0.139. The third-order valence-corrected chi connectivity index (χ3v) is 3.61. The minimum absolute atomic E-state index is 0.413. The Morgan fingerprint density at radius 3 is 2.83 bits per heavy atom. The number of likely N-dealkylation sites (N-methyl/N-ethyl adjacent to an activating group) is 1. The Balaban J connectivity index is 2.22. The van der Waals surface area contributed by atoms with Crippen LogP contribution in [0.15, 0.2) is 0 Å². The van der Waals surface area contributed by atoms with Gasteiger partial charge in [0, 0.05) is 13.1 Å². The first-order valence-corrected chi connectivity index (χ1v) is 6.86. The van der Waals surface area contributed by atoms with E-state index < -0.39 is 12.0 Å². The van der Waals surface area contributed by atoms with E-state index in [4.69, 9.17) is 5.11 Å². The molecule has 0 aromatic rings. The van der Waals surface area contributed by atoms with Gasteiger partial charge in [0.05, 0.1) is 0 Å². The summed E-state index contributed by atoms with van der Waals surface area (Å²) in [6.07, 6.45) is 1.93. The van der Waals surface area contributed by atoms with E-state index in [1.54, 1.807) is 0 Å². The fourth-order valence-electron chi connectivity index (χ4n) is 2.62. The summed E-state index contributed by atoms with van der Waals surface area (Å²) in [7, 11) is 4.24. The molecule has 0 aromatic heterocycles. The lowest BCUT2D eigenvalue weighted by atomic mass is 10.1. The first-order chi connectivity index (χ1) is 8.52. The molecule has 5 nitrogen and oxygen atoms in total. The zero-order valence-corrected chi connectivity index (χ0v) is 11.9. The van der Waals surface area contributed by atoms with Gasteiger partial charge in [-0.1, -0.05) is 6.92 Å². The lowest BCUT2D eigenvalue weighted by Gasteiger charge is -2.22. The number of carboxylic acid groups (broad SMARTS) is 1. The molecule has 0 saturated carbocycles. The molecule has 18 heavy (non-hydrogen) atoms. The normalized spacial score (nSPS) is 22.6. The van der Waals surface area contributed by atoms with E-state index in [9.17, 15) is 4.79 Å². The van der Waals surface area contributed by atoms with Gasteiger partial charge in [-0.3, -0.25) is 4.79 Å². The van der Waals surface area contributed by atoms with Gasteiger partial charge in [0.2, 0.25) is 0 Å². The minimum Gasteiger partial charge on any atom is -0.480 e. The molecular weight excluding hydrogens is 230 g/mol. The van der Waals surface area contributed by atoms with Crippen LogP contribution in [0.2, 0.25) is 0 Å². The van der Waals surface area contributed by atoms with Crippen molar-refractivity contribution in [3.05, 3.63) is 0 Å². The maximum Gasteiger partial charge on any atom is 0.320 e. The van der Waals surface area contributed by atoms with Crippen molar-refractivity contribution in [2.45, 2.75) is 25.8 Å². The number of carboxylic acids is 1. The number of likely N-dealkylation sites (tertiary alicyclic amines) is 1. The van der Waals surface area contributed by atoms with Crippen LogP contribution in [0, 0.1) is 5.92 Å². The molecule has 1 aliphatic heterocycles. The number of nitrogens with one attached hydrogen (secondary N) is 1. The van der Waals surface area contributed by atoms with Crippen LogP contribution in [0.3, 0.4) is 0 Å². The summed E-state index contributed by atoms with van der Waals surface area (Å²) >= 11 is 0. The fourth-order valence-corrected chi connectivity index (χ4v) is 2.62. The van der Waals surface area contributed by atoms with E-state index in [0.717, 1.165) is 19.0 Å². The van der Waals surface area contributed by atoms with Crippen LogP contribution in [-0.4, -0.2) is 73.7 Å². The zero-order valence-electron chi connectivity index (χ0n) is 11.9. The number of nitrogens with zero attached hydrogens (tertiary/aromatic N) is 2. The molecule has 1 saturated heterocycles. The SMILES string of the molecule is CCNC(CCN(C)CC1CCN(C)C1)C(=O)O. The molecule has 106 valence electrons. The highest BCUT2D eigenvalue weighted by Gasteiger charge is 2.22. The number of rotatable bonds is 8. The molecule has 2 N–H and O–H groups in total. The van der Waals surface area contributed by atoms with Gasteiger partial charge < -0.3 is 20.2 Å². The van der Waals surface area contributed by atoms with E-state index in [1.807, 2.05) is 6.92 Å². The smallest absolute Gasteiger partial charge is 0.320 e. The van der Waals surface area contributed by atoms with E-state index in [0.29, 0.717) is 13.0 Å². The summed E-state index contributed by atoms with van der Waals surface area (Å²) in [5.74, 6) is -0.00624. The maximum atomic E-state index is 11.0. The monoisotopic (exact) mass is 257 g/mol. The summed E-state index contributed by atoms with van der Waals surface area (Å²) in [5, 5.41) is 12.1. The van der Waals surface area contributed by atoms with Crippen molar-refractivity contribution in [3.63, 3.8) is 0 Å². The fraction of sp³-hybridized carbons (Fsp3) is 0.923. The molecule has 1 fully saturated rings. The maximum absolute atomic E-state index is 11.0. The number of hydrogen-bond acceptors (Lipinski definition) is 4. The molecular formula is C13H27N3O2. The van der Waals surface area contributed by atoms with Gasteiger partial charge in [-0.2, -0.15) is 0 Å². The van der Waals surface area contributed by atoms with Crippen molar-refractivity contribution in [3.8, 4) is 0 Å². The predicted molar refractivity (Wildman–Crippen MR) is 72.8 cm³/mol. The number of hydrogen-bond donors (Lipinski definition) is 2. The van der Waals surface area contributed by atoms with E-state index in [2.05, 4.69) is 29.2 Å². The van der Waals surface area contributed by atoms with E-state index in [-0.39, 0.29) is 0 Å². The molecule has 1 aliphatic rings. The van der Waals surface area contributed by atoms with Crippen LogP contribution in [0.4, 0.5) is 0 Å². The average molecular weight is 257 g/mol. The standard InChI is InChI=1S/C13H27N3O2/c1-4-14-12(13(17)18)6-8-16(3)10-11-5-7-15(2)9-11/h11-12,14H,4-10H2,1-3H3,(H,17,18). The van der Waals surface area contributed by atoms with Crippen LogP contribution in [0.5, 0.6) is 0 Å². The predicted octanol–water partition coefficient (Wildman–Crippen LogP) is 0.323. The largest absolute Gasteiger partial charge is 0.480 e. The van der Waals surface area contributed by atoms with Gasteiger partial charge in [-0.15, -0.1) is 0 Å². The Labute approximate surface area is 110 Å². The molecule has 0 spiro atoms. The third-order valence-electron chi connectivity index (χ3n) is 3.61. The van der Waals surface area contributed by atoms with Gasteiger partial charge in [-0.05, 0) is 52.5 Å². The van der Waals surface area contributed by atoms with E-state index in [1.165, 1.54) is 19.5 Å². The summed E-state index contributed by atoms with van der Waals surface area (Å²) in [6, 6.07) is -0.413. The lowest BCUT2D eigenvalue weighted by Crippen LogP contribution is -2.40. The highest BCUT2D eigenvalue weighted by molar-refractivity contribution is 5.73. The van der Waals surface area contributed by atoms with Crippen molar-refractivity contribution >= 4 is 5.97 Å².